The van der Waals surface area contributed by atoms with Gasteiger partial charge in [-0.2, -0.15) is 5.26 Å². The average Bonchev–Trinajstić information content (AvgIpc) is 3.03. The summed E-state index contributed by atoms with van der Waals surface area (Å²) in [4.78, 5) is 0. The lowest BCUT2D eigenvalue weighted by Crippen LogP contribution is -2.00. The Kier molecular flexibility index (Phi) is 5.19. The van der Waals surface area contributed by atoms with Crippen LogP contribution in [0.2, 0.25) is 5.02 Å². The first-order chi connectivity index (χ1) is 11.7. The third kappa shape index (κ3) is 3.45. The molecule has 0 saturated carbocycles. The summed E-state index contributed by atoms with van der Waals surface area (Å²) >= 11 is 7.54. The molecule has 0 aliphatic carbocycles. The maximum Gasteiger partial charge on any atom is 0.191 e. The van der Waals surface area contributed by atoms with Crippen LogP contribution in [0.3, 0.4) is 0 Å². The van der Waals surface area contributed by atoms with Crippen molar-refractivity contribution in [3.8, 4) is 17.5 Å². The van der Waals surface area contributed by atoms with E-state index < -0.39 is 0 Å². The zero-order valence-corrected chi connectivity index (χ0v) is 14.7. The fourth-order valence-corrected chi connectivity index (χ4v) is 3.52. The molecule has 120 valence electrons. The third-order valence-electron chi connectivity index (χ3n) is 3.63. The van der Waals surface area contributed by atoms with Gasteiger partial charge in [-0.25, -0.2) is 0 Å². The molecule has 0 unspecified atom stereocenters. The molecule has 3 aromatic rings. The number of thioether (sulfide) groups is 1. The van der Waals surface area contributed by atoms with Crippen molar-refractivity contribution in [2.24, 2.45) is 0 Å². The SMILES string of the molecule is CCn1c(SCc2ccccc2C#N)nnc1-c1ccc(Cl)cc1. The number of benzene rings is 2. The quantitative estimate of drug-likeness (QED) is 0.618. The molecule has 1 aromatic heterocycles. The fraction of sp³-hybridized carbons (Fsp3) is 0.167. The summed E-state index contributed by atoms with van der Waals surface area (Å²) in [6.45, 7) is 2.84. The van der Waals surface area contributed by atoms with Gasteiger partial charge in [0.25, 0.3) is 0 Å². The van der Waals surface area contributed by atoms with Crippen LogP contribution < -0.4 is 0 Å². The van der Waals surface area contributed by atoms with Crippen molar-refractivity contribution in [1.82, 2.24) is 14.8 Å². The zero-order valence-electron chi connectivity index (χ0n) is 13.1. The van der Waals surface area contributed by atoms with Crippen LogP contribution in [-0.4, -0.2) is 14.8 Å². The number of nitrogens with zero attached hydrogens (tertiary/aromatic N) is 4. The van der Waals surface area contributed by atoms with E-state index in [-0.39, 0.29) is 0 Å². The molecule has 0 radical (unpaired) electrons. The second kappa shape index (κ2) is 7.52. The van der Waals surface area contributed by atoms with Gasteiger partial charge in [-0.15, -0.1) is 10.2 Å². The molecule has 0 amide bonds. The van der Waals surface area contributed by atoms with Gasteiger partial charge in [-0.1, -0.05) is 41.6 Å². The second-order valence-electron chi connectivity index (χ2n) is 5.11. The van der Waals surface area contributed by atoms with Crippen LogP contribution >= 0.6 is 23.4 Å². The third-order valence-corrected chi connectivity index (χ3v) is 4.90. The lowest BCUT2D eigenvalue weighted by molar-refractivity contribution is 0.687. The van der Waals surface area contributed by atoms with Gasteiger partial charge >= 0.3 is 0 Å². The lowest BCUT2D eigenvalue weighted by Gasteiger charge is -2.08. The largest absolute Gasteiger partial charge is 0.302 e. The van der Waals surface area contributed by atoms with E-state index in [0.717, 1.165) is 28.7 Å². The predicted octanol–water partition coefficient (Wildman–Crippen LogP) is 4.78. The number of hydrogen-bond donors (Lipinski definition) is 0. The van der Waals surface area contributed by atoms with Gasteiger partial charge in [0.2, 0.25) is 0 Å². The highest BCUT2D eigenvalue weighted by Crippen LogP contribution is 2.27. The molecule has 0 aliphatic heterocycles. The van der Waals surface area contributed by atoms with E-state index >= 15 is 0 Å². The van der Waals surface area contributed by atoms with Gasteiger partial charge in [-0.05, 0) is 42.8 Å². The van der Waals surface area contributed by atoms with Gasteiger partial charge in [-0.3, -0.25) is 0 Å². The maximum absolute atomic E-state index is 9.19. The average molecular weight is 355 g/mol. The van der Waals surface area contributed by atoms with E-state index in [1.807, 2.05) is 48.5 Å². The predicted molar refractivity (Wildman–Crippen MR) is 96.9 cm³/mol. The minimum atomic E-state index is 0.683. The van der Waals surface area contributed by atoms with E-state index in [1.54, 1.807) is 11.8 Å². The van der Waals surface area contributed by atoms with Crippen molar-refractivity contribution >= 4 is 23.4 Å². The molecule has 6 heteroatoms. The van der Waals surface area contributed by atoms with E-state index in [9.17, 15) is 5.26 Å². The minimum Gasteiger partial charge on any atom is -0.302 e. The monoisotopic (exact) mass is 354 g/mol. The number of nitriles is 1. The highest BCUT2D eigenvalue weighted by Gasteiger charge is 2.13. The highest BCUT2D eigenvalue weighted by atomic mass is 35.5. The van der Waals surface area contributed by atoms with Crippen LogP contribution in [-0.2, 0) is 12.3 Å². The van der Waals surface area contributed by atoms with Crippen LogP contribution in [0.15, 0.2) is 53.7 Å². The van der Waals surface area contributed by atoms with Gasteiger partial charge in [0.05, 0.1) is 11.6 Å². The van der Waals surface area contributed by atoms with E-state index in [0.29, 0.717) is 16.3 Å². The Bertz CT molecular complexity index is 881. The molecule has 0 fully saturated rings. The fourth-order valence-electron chi connectivity index (χ4n) is 2.39. The van der Waals surface area contributed by atoms with Crippen LogP contribution in [0.25, 0.3) is 11.4 Å². The first-order valence-corrected chi connectivity index (χ1v) is 8.89. The molecule has 0 bridgehead atoms. The van der Waals surface area contributed by atoms with Crippen LogP contribution in [0.1, 0.15) is 18.1 Å². The van der Waals surface area contributed by atoms with E-state index in [2.05, 4.69) is 27.8 Å². The van der Waals surface area contributed by atoms with Crippen molar-refractivity contribution in [2.45, 2.75) is 24.4 Å². The molecule has 4 nitrogen and oxygen atoms in total. The van der Waals surface area contributed by atoms with Crippen molar-refractivity contribution in [1.29, 1.82) is 5.26 Å². The van der Waals surface area contributed by atoms with Gasteiger partial charge in [0.1, 0.15) is 0 Å². The molecule has 3 rings (SSSR count). The van der Waals surface area contributed by atoms with Crippen molar-refractivity contribution in [2.75, 3.05) is 0 Å². The Morgan fingerprint density at radius 2 is 1.88 bits per heavy atom. The Balaban J connectivity index is 1.85. The normalized spacial score (nSPS) is 10.5. The molecule has 0 atom stereocenters. The van der Waals surface area contributed by atoms with Crippen molar-refractivity contribution in [3.05, 3.63) is 64.7 Å². The molecule has 0 N–H and O–H groups in total. The topological polar surface area (TPSA) is 54.5 Å². The Hall–Kier alpha value is -2.29. The standard InChI is InChI=1S/C18H15ClN4S/c1-2-23-17(13-7-9-16(19)10-8-13)21-22-18(23)24-12-15-6-4-3-5-14(15)11-20/h3-10H,2,12H2,1H3. The number of hydrogen-bond acceptors (Lipinski definition) is 4. The van der Waals surface area contributed by atoms with E-state index in [1.165, 1.54) is 0 Å². The number of halogens is 1. The number of aromatic nitrogens is 3. The molecular weight excluding hydrogens is 340 g/mol. The summed E-state index contributed by atoms with van der Waals surface area (Å²) in [5.41, 5.74) is 2.69. The van der Waals surface area contributed by atoms with Crippen LogP contribution in [0.4, 0.5) is 0 Å². The number of rotatable bonds is 5. The summed E-state index contributed by atoms with van der Waals surface area (Å²) in [6.07, 6.45) is 0. The van der Waals surface area contributed by atoms with Crippen molar-refractivity contribution in [3.63, 3.8) is 0 Å². The summed E-state index contributed by atoms with van der Waals surface area (Å²) < 4.78 is 2.07. The first-order valence-electron chi connectivity index (χ1n) is 7.53. The lowest BCUT2D eigenvalue weighted by atomic mass is 10.1. The van der Waals surface area contributed by atoms with Crippen LogP contribution in [0.5, 0.6) is 0 Å². The Morgan fingerprint density at radius 1 is 1.12 bits per heavy atom. The smallest absolute Gasteiger partial charge is 0.191 e. The first kappa shape index (κ1) is 16.6. The molecular formula is C18H15ClN4S. The van der Waals surface area contributed by atoms with Gasteiger partial charge < -0.3 is 4.57 Å². The zero-order chi connectivity index (χ0) is 16.9. The molecule has 0 aliphatic rings. The molecule has 0 spiro atoms. The molecule has 0 saturated heterocycles. The summed E-state index contributed by atoms with van der Waals surface area (Å²) in [5, 5.41) is 19.4. The molecule has 24 heavy (non-hydrogen) atoms. The minimum absolute atomic E-state index is 0.683. The summed E-state index contributed by atoms with van der Waals surface area (Å²) in [6, 6.07) is 17.4. The van der Waals surface area contributed by atoms with Gasteiger partial charge in [0.15, 0.2) is 11.0 Å². The van der Waals surface area contributed by atoms with Crippen LogP contribution in [0, 0.1) is 11.3 Å². The Labute approximate surface area is 150 Å². The summed E-state index contributed by atoms with van der Waals surface area (Å²) in [5.74, 6) is 1.51. The maximum atomic E-state index is 9.19. The van der Waals surface area contributed by atoms with Gasteiger partial charge in [0, 0.05) is 22.9 Å². The summed E-state index contributed by atoms with van der Waals surface area (Å²) in [7, 11) is 0. The van der Waals surface area contributed by atoms with Crippen molar-refractivity contribution < 1.29 is 0 Å². The van der Waals surface area contributed by atoms with E-state index in [4.69, 9.17) is 11.6 Å². The molecule has 1 heterocycles. The Morgan fingerprint density at radius 3 is 2.58 bits per heavy atom. The highest BCUT2D eigenvalue weighted by molar-refractivity contribution is 7.98. The molecule has 2 aromatic carbocycles. The second-order valence-corrected chi connectivity index (χ2v) is 6.49.